The fourth-order valence-corrected chi connectivity index (χ4v) is 4.62. The van der Waals surface area contributed by atoms with Gasteiger partial charge in [0.25, 0.3) is 5.91 Å². The summed E-state index contributed by atoms with van der Waals surface area (Å²) in [5.74, 6) is 0.0778. The highest BCUT2D eigenvalue weighted by Gasteiger charge is 2.24. The molecule has 0 aliphatic carbocycles. The predicted molar refractivity (Wildman–Crippen MR) is 153 cm³/mol. The van der Waals surface area contributed by atoms with Crippen molar-refractivity contribution in [1.29, 1.82) is 0 Å². The number of benzene rings is 2. The lowest BCUT2D eigenvalue weighted by Crippen LogP contribution is -2.44. The fourth-order valence-electron chi connectivity index (χ4n) is 4.43. The second-order valence-electron chi connectivity index (χ2n) is 10.0. The average Bonchev–Trinajstić information content (AvgIpc) is 3.34. The van der Waals surface area contributed by atoms with Gasteiger partial charge in [0, 0.05) is 55.8 Å². The molecule has 1 heterocycles. The minimum atomic E-state index is -0.135. The highest BCUT2D eigenvalue weighted by atomic mass is 35.5. The Morgan fingerprint density at radius 2 is 1.74 bits per heavy atom. The molecule has 6 nitrogen and oxygen atoms in total. The molecule has 0 unspecified atom stereocenters. The van der Waals surface area contributed by atoms with Crippen LogP contribution in [0.3, 0.4) is 0 Å². The van der Waals surface area contributed by atoms with Gasteiger partial charge in [-0.3, -0.25) is 9.59 Å². The van der Waals surface area contributed by atoms with E-state index in [-0.39, 0.29) is 24.3 Å². The number of aromatic nitrogens is 1. The summed E-state index contributed by atoms with van der Waals surface area (Å²) < 4.78 is 7.33. The minimum Gasteiger partial charge on any atom is -0.385 e. The summed E-state index contributed by atoms with van der Waals surface area (Å²) in [4.78, 5) is 30.6. The molecule has 3 rings (SSSR count). The Balaban J connectivity index is 1.78. The topological polar surface area (TPSA) is 54.8 Å². The molecule has 0 atom stereocenters. The van der Waals surface area contributed by atoms with Crippen molar-refractivity contribution in [2.75, 3.05) is 33.4 Å². The molecule has 204 valence electrons. The number of carbonyl (C=O) groups is 2. The summed E-state index contributed by atoms with van der Waals surface area (Å²) >= 11 is 6.40. The van der Waals surface area contributed by atoms with Crippen LogP contribution in [0, 0.1) is 5.92 Å². The summed E-state index contributed by atoms with van der Waals surface area (Å²) in [5, 5.41) is 0.722. The van der Waals surface area contributed by atoms with E-state index < -0.39 is 0 Å². The maximum atomic E-state index is 13.7. The Morgan fingerprint density at radius 1 is 1.00 bits per heavy atom. The quantitative estimate of drug-likeness (QED) is 0.240. The third kappa shape index (κ3) is 8.47. The van der Waals surface area contributed by atoms with E-state index in [0.29, 0.717) is 44.8 Å². The molecule has 0 saturated heterocycles. The predicted octanol–water partition coefficient (Wildman–Crippen LogP) is 5.92. The van der Waals surface area contributed by atoms with Crippen LogP contribution in [0.5, 0.6) is 0 Å². The highest BCUT2D eigenvalue weighted by Crippen LogP contribution is 2.19. The summed E-state index contributed by atoms with van der Waals surface area (Å²) in [6.07, 6.45) is 3.58. The van der Waals surface area contributed by atoms with Gasteiger partial charge >= 0.3 is 0 Å². The van der Waals surface area contributed by atoms with Crippen LogP contribution in [0.4, 0.5) is 0 Å². The first-order chi connectivity index (χ1) is 18.3. The van der Waals surface area contributed by atoms with Crippen molar-refractivity contribution in [3.63, 3.8) is 0 Å². The zero-order chi connectivity index (χ0) is 27.5. The van der Waals surface area contributed by atoms with Crippen molar-refractivity contribution in [3.8, 4) is 0 Å². The second-order valence-corrected chi connectivity index (χ2v) is 10.4. The Bertz CT molecular complexity index is 1170. The Kier molecular flexibility index (Phi) is 11.4. The molecule has 7 heteroatoms. The maximum absolute atomic E-state index is 13.7. The molecule has 0 saturated carbocycles. The van der Waals surface area contributed by atoms with Crippen LogP contribution in [-0.2, 0) is 29.0 Å². The SMILES string of the molecule is CCc1ccc(C(=O)N(CCCOC)CC(=O)N(Cc2cccn2Cc2ccccc2Cl)CC(C)C)cc1. The summed E-state index contributed by atoms with van der Waals surface area (Å²) in [5.41, 5.74) is 3.81. The number of amides is 2. The number of hydrogen-bond acceptors (Lipinski definition) is 3. The first-order valence-corrected chi connectivity index (χ1v) is 13.7. The van der Waals surface area contributed by atoms with Crippen LogP contribution in [-0.4, -0.2) is 59.5 Å². The van der Waals surface area contributed by atoms with E-state index in [1.807, 2.05) is 71.8 Å². The van der Waals surface area contributed by atoms with E-state index in [2.05, 4.69) is 25.3 Å². The molecule has 2 amide bonds. The van der Waals surface area contributed by atoms with E-state index in [9.17, 15) is 9.59 Å². The van der Waals surface area contributed by atoms with Gasteiger partial charge in [-0.2, -0.15) is 0 Å². The first-order valence-electron chi connectivity index (χ1n) is 13.3. The molecule has 0 aliphatic rings. The first kappa shape index (κ1) is 29.5. The van der Waals surface area contributed by atoms with Crippen molar-refractivity contribution >= 4 is 23.4 Å². The van der Waals surface area contributed by atoms with Gasteiger partial charge in [0.2, 0.25) is 5.91 Å². The van der Waals surface area contributed by atoms with Crippen LogP contribution in [0.1, 0.15) is 54.4 Å². The number of ether oxygens (including phenoxy) is 1. The molecule has 0 N–H and O–H groups in total. The number of nitrogens with zero attached hydrogens (tertiary/aromatic N) is 3. The maximum Gasteiger partial charge on any atom is 0.254 e. The van der Waals surface area contributed by atoms with Crippen LogP contribution in [0.2, 0.25) is 5.02 Å². The molecule has 3 aromatic rings. The van der Waals surface area contributed by atoms with Gasteiger partial charge in [0.1, 0.15) is 6.54 Å². The van der Waals surface area contributed by atoms with E-state index >= 15 is 0 Å². The second kappa shape index (κ2) is 14.7. The van der Waals surface area contributed by atoms with Gasteiger partial charge < -0.3 is 19.1 Å². The standard InChI is InChI=1S/C31H40ClN3O3/c1-5-25-13-15-26(16-14-25)31(37)34(18-9-19-38-4)23-30(36)35(20-24(2)3)22-28-11-8-17-33(28)21-27-10-6-7-12-29(27)32/h6-8,10-17,24H,5,9,18-23H2,1-4H3. The highest BCUT2D eigenvalue weighted by molar-refractivity contribution is 6.31. The number of carbonyl (C=O) groups excluding carboxylic acids is 2. The van der Waals surface area contributed by atoms with Crippen LogP contribution < -0.4 is 0 Å². The number of rotatable bonds is 14. The lowest BCUT2D eigenvalue weighted by atomic mass is 10.1. The summed E-state index contributed by atoms with van der Waals surface area (Å²) in [6, 6.07) is 19.5. The van der Waals surface area contributed by atoms with Crippen LogP contribution in [0.25, 0.3) is 0 Å². The molecule has 0 radical (unpaired) electrons. The lowest BCUT2D eigenvalue weighted by molar-refractivity contribution is -0.133. The average molecular weight is 538 g/mol. The molecule has 0 aliphatic heterocycles. The lowest BCUT2D eigenvalue weighted by Gasteiger charge is -2.29. The van der Waals surface area contributed by atoms with Gasteiger partial charge in [0.05, 0.1) is 6.54 Å². The molecular formula is C31H40ClN3O3. The number of aryl methyl sites for hydroxylation is 1. The minimum absolute atomic E-state index is 0.0238. The fraction of sp³-hybridized carbons (Fsp3) is 0.419. The van der Waals surface area contributed by atoms with E-state index in [4.69, 9.17) is 16.3 Å². The van der Waals surface area contributed by atoms with Gasteiger partial charge in [0.15, 0.2) is 0 Å². The Hall–Kier alpha value is -3.09. The normalized spacial score (nSPS) is 11.1. The summed E-state index contributed by atoms with van der Waals surface area (Å²) in [7, 11) is 1.64. The van der Waals surface area contributed by atoms with Crippen molar-refractivity contribution < 1.29 is 14.3 Å². The molecule has 0 spiro atoms. The number of halogens is 1. The molecular weight excluding hydrogens is 498 g/mol. The molecule has 2 aromatic carbocycles. The van der Waals surface area contributed by atoms with Crippen LogP contribution >= 0.6 is 11.6 Å². The van der Waals surface area contributed by atoms with E-state index in [1.54, 1.807) is 12.0 Å². The van der Waals surface area contributed by atoms with E-state index in [0.717, 1.165) is 22.7 Å². The van der Waals surface area contributed by atoms with Crippen molar-refractivity contribution in [2.24, 2.45) is 5.92 Å². The summed E-state index contributed by atoms with van der Waals surface area (Å²) in [6.45, 7) is 8.96. The molecule has 1 aromatic heterocycles. The largest absolute Gasteiger partial charge is 0.385 e. The third-order valence-electron chi connectivity index (χ3n) is 6.51. The monoisotopic (exact) mass is 537 g/mol. The Labute approximate surface area is 232 Å². The molecule has 0 bridgehead atoms. The van der Waals surface area contributed by atoms with Gasteiger partial charge in [-0.15, -0.1) is 0 Å². The van der Waals surface area contributed by atoms with Gasteiger partial charge in [-0.25, -0.2) is 0 Å². The molecule has 38 heavy (non-hydrogen) atoms. The zero-order valence-electron chi connectivity index (χ0n) is 23.0. The number of methoxy groups -OCH3 is 1. The van der Waals surface area contributed by atoms with Crippen molar-refractivity contribution in [1.82, 2.24) is 14.4 Å². The van der Waals surface area contributed by atoms with Gasteiger partial charge in [-0.05, 0) is 60.2 Å². The van der Waals surface area contributed by atoms with E-state index in [1.165, 1.54) is 5.56 Å². The Morgan fingerprint density at radius 3 is 2.39 bits per heavy atom. The van der Waals surface area contributed by atoms with Crippen molar-refractivity contribution in [3.05, 3.63) is 94.3 Å². The molecule has 0 fully saturated rings. The third-order valence-corrected chi connectivity index (χ3v) is 6.88. The van der Waals surface area contributed by atoms with Gasteiger partial charge in [-0.1, -0.05) is 62.7 Å². The van der Waals surface area contributed by atoms with Crippen molar-refractivity contribution in [2.45, 2.75) is 46.7 Å². The van der Waals surface area contributed by atoms with Crippen LogP contribution in [0.15, 0.2) is 66.9 Å². The number of hydrogen-bond donors (Lipinski definition) is 0. The zero-order valence-corrected chi connectivity index (χ0v) is 23.8. The smallest absolute Gasteiger partial charge is 0.254 e.